The second kappa shape index (κ2) is 6.17. The van der Waals surface area contributed by atoms with Crippen LogP contribution < -0.4 is 9.47 Å². The summed E-state index contributed by atoms with van der Waals surface area (Å²) in [6, 6.07) is 9.43. The van der Waals surface area contributed by atoms with Gasteiger partial charge in [0.2, 0.25) is 11.5 Å². The number of nitro groups is 1. The number of halogens is 2. The van der Waals surface area contributed by atoms with E-state index in [2.05, 4.69) is 0 Å². The minimum Gasteiger partial charge on any atom is -0.490 e. The molecule has 21 heavy (non-hydrogen) atoms. The molecule has 0 saturated carbocycles. The molecule has 0 aromatic heterocycles. The van der Waals surface area contributed by atoms with E-state index in [1.54, 1.807) is 0 Å². The Morgan fingerprint density at radius 3 is 2.24 bits per heavy atom. The number of ether oxygens (including phenoxy) is 2. The molecule has 7 heteroatoms. The highest BCUT2D eigenvalue weighted by Crippen LogP contribution is 2.38. The molecule has 0 saturated heterocycles. The average Bonchev–Trinajstić information content (AvgIpc) is 2.47. The number of hydrogen-bond acceptors (Lipinski definition) is 4. The number of methoxy groups -OCH3 is 1. The third kappa shape index (κ3) is 3.25. The predicted octanol–water partition coefficient (Wildman–Crippen LogP) is 4.33. The molecule has 5 nitrogen and oxygen atoms in total. The SMILES string of the molecule is COc1cccc(Oc2ccc(C(F)F)cc2)c1[N+](=O)[O-]. The van der Waals surface area contributed by atoms with Crippen LogP contribution in [-0.4, -0.2) is 12.0 Å². The van der Waals surface area contributed by atoms with Gasteiger partial charge in [-0.2, -0.15) is 0 Å². The van der Waals surface area contributed by atoms with Crippen molar-refractivity contribution in [2.45, 2.75) is 6.43 Å². The third-order valence-electron chi connectivity index (χ3n) is 2.72. The summed E-state index contributed by atoms with van der Waals surface area (Å²) in [4.78, 5) is 10.5. The number of benzene rings is 2. The van der Waals surface area contributed by atoms with E-state index in [0.29, 0.717) is 0 Å². The average molecular weight is 295 g/mol. The summed E-state index contributed by atoms with van der Waals surface area (Å²) in [5, 5.41) is 11.1. The largest absolute Gasteiger partial charge is 0.490 e. The van der Waals surface area contributed by atoms with Crippen LogP contribution in [0.4, 0.5) is 14.5 Å². The van der Waals surface area contributed by atoms with Crippen LogP contribution in [0, 0.1) is 10.1 Å². The van der Waals surface area contributed by atoms with Crippen molar-refractivity contribution < 1.29 is 23.2 Å². The van der Waals surface area contributed by atoms with Crippen molar-refractivity contribution >= 4 is 5.69 Å². The zero-order chi connectivity index (χ0) is 15.4. The van der Waals surface area contributed by atoms with E-state index < -0.39 is 11.3 Å². The van der Waals surface area contributed by atoms with Gasteiger partial charge in [0.05, 0.1) is 12.0 Å². The Bertz CT molecular complexity index is 644. The summed E-state index contributed by atoms with van der Waals surface area (Å²) in [5.41, 5.74) is -0.472. The van der Waals surface area contributed by atoms with Gasteiger partial charge >= 0.3 is 5.69 Å². The molecule has 0 amide bonds. The van der Waals surface area contributed by atoms with Crippen LogP contribution in [0.2, 0.25) is 0 Å². The van der Waals surface area contributed by atoms with Gasteiger partial charge in [0.1, 0.15) is 5.75 Å². The van der Waals surface area contributed by atoms with E-state index in [1.165, 1.54) is 49.6 Å². The highest BCUT2D eigenvalue weighted by atomic mass is 19.3. The second-order valence-electron chi connectivity index (χ2n) is 4.04. The Kier molecular flexibility index (Phi) is 4.32. The van der Waals surface area contributed by atoms with Gasteiger partial charge in [0, 0.05) is 5.56 Å². The smallest absolute Gasteiger partial charge is 0.352 e. The van der Waals surface area contributed by atoms with Crippen LogP contribution in [0.1, 0.15) is 12.0 Å². The van der Waals surface area contributed by atoms with Crippen LogP contribution in [0.5, 0.6) is 17.2 Å². The standard InChI is InChI=1S/C14H11F2NO4/c1-20-11-3-2-4-12(13(11)17(18)19)21-10-7-5-9(6-8-10)14(15)16/h2-8,14H,1H3. The molecule has 0 aliphatic rings. The van der Waals surface area contributed by atoms with Gasteiger partial charge in [-0.25, -0.2) is 8.78 Å². The quantitative estimate of drug-likeness (QED) is 0.608. The summed E-state index contributed by atoms with van der Waals surface area (Å²) in [6.07, 6.45) is -2.58. The highest BCUT2D eigenvalue weighted by molar-refractivity contribution is 5.58. The molecule has 0 heterocycles. The number of rotatable bonds is 5. The Balaban J connectivity index is 2.33. The molecule has 110 valence electrons. The lowest BCUT2D eigenvalue weighted by molar-refractivity contribution is -0.386. The fourth-order valence-corrected chi connectivity index (χ4v) is 1.74. The summed E-state index contributed by atoms with van der Waals surface area (Å²) in [5.74, 6) is 0.251. The van der Waals surface area contributed by atoms with Crippen molar-refractivity contribution in [2.24, 2.45) is 0 Å². The molecule has 0 unspecified atom stereocenters. The first-order chi connectivity index (χ1) is 10.0. The van der Waals surface area contributed by atoms with Gasteiger partial charge in [-0.1, -0.05) is 6.07 Å². The van der Waals surface area contributed by atoms with Crippen molar-refractivity contribution in [2.75, 3.05) is 7.11 Å². The minimum absolute atomic E-state index is 0.0239. The van der Waals surface area contributed by atoms with Crippen LogP contribution in [0.3, 0.4) is 0 Å². The lowest BCUT2D eigenvalue weighted by atomic mass is 10.2. The number of alkyl halides is 2. The normalized spacial score (nSPS) is 10.5. The molecule has 0 radical (unpaired) electrons. The molecule has 2 rings (SSSR count). The molecule has 0 fully saturated rings. The van der Waals surface area contributed by atoms with Gasteiger partial charge < -0.3 is 9.47 Å². The number of hydrogen-bond donors (Lipinski definition) is 0. The van der Waals surface area contributed by atoms with Crippen molar-refractivity contribution in [3.05, 3.63) is 58.1 Å². The first kappa shape index (κ1) is 14.7. The first-order valence-corrected chi connectivity index (χ1v) is 5.90. The van der Waals surface area contributed by atoms with Gasteiger partial charge in [-0.3, -0.25) is 10.1 Å². The maximum atomic E-state index is 12.4. The fourth-order valence-electron chi connectivity index (χ4n) is 1.74. The topological polar surface area (TPSA) is 61.6 Å². The third-order valence-corrected chi connectivity index (χ3v) is 2.72. The zero-order valence-corrected chi connectivity index (χ0v) is 11.0. The summed E-state index contributed by atoms with van der Waals surface area (Å²) < 4.78 is 35.2. The molecular weight excluding hydrogens is 284 g/mol. The monoisotopic (exact) mass is 295 g/mol. The number of para-hydroxylation sites is 1. The van der Waals surface area contributed by atoms with Crippen molar-refractivity contribution in [3.8, 4) is 17.2 Å². The minimum atomic E-state index is -2.58. The lowest BCUT2D eigenvalue weighted by Gasteiger charge is -2.09. The van der Waals surface area contributed by atoms with Crippen molar-refractivity contribution in [3.63, 3.8) is 0 Å². The van der Waals surface area contributed by atoms with Gasteiger partial charge in [-0.15, -0.1) is 0 Å². The summed E-state index contributed by atoms with van der Waals surface area (Å²) >= 11 is 0. The number of nitro benzene ring substituents is 1. The predicted molar refractivity (Wildman–Crippen MR) is 71.1 cm³/mol. The van der Waals surface area contributed by atoms with E-state index in [-0.39, 0.29) is 28.5 Å². The van der Waals surface area contributed by atoms with Crippen LogP contribution >= 0.6 is 0 Å². The van der Waals surface area contributed by atoms with Crippen molar-refractivity contribution in [1.82, 2.24) is 0 Å². The number of nitrogens with zero attached hydrogens (tertiary/aromatic N) is 1. The lowest BCUT2D eigenvalue weighted by Crippen LogP contribution is -1.97. The Hall–Kier alpha value is -2.70. The molecule has 2 aromatic rings. The fraction of sp³-hybridized carbons (Fsp3) is 0.143. The zero-order valence-electron chi connectivity index (χ0n) is 11.0. The maximum Gasteiger partial charge on any atom is 0.352 e. The van der Waals surface area contributed by atoms with E-state index in [4.69, 9.17) is 9.47 Å². The van der Waals surface area contributed by atoms with E-state index in [0.717, 1.165) is 0 Å². The molecule has 0 spiro atoms. The summed E-state index contributed by atoms with van der Waals surface area (Å²) in [6.45, 7) is 0. The van der Waals surface area contributed by atoms with E-state index >= 15 is 0 Å². The molecule has 0 aliphatic carbocycles. The second-order valence-corrected chi connectivity index (χ2v) is 4.04. The Morgan fingerprint density at radius 1 is 1.10 bits per heavy atom. The maximum absolute atomic E-state index is 12.4. The van der Waals surface area contributed by atoms with E-state index in [9.17, 15) is 18.9 Å². The van der Waals surface area contributed by atoms with Crippen molar-refractivity contribution in [1.29, 1.82) is 0 Å². The molecule has 0 aliphatic heterocycles. The molecule has 0 atom stereocenters. The van der Waals surface area contributed by atoms with E-state index in [1.807, 2.05) is 0 Å². The van der Waals surface area contributed by atoms with Crippen LogP contribution in [-0.2, 0) is 0 Å². The van der Waals surface area contributed by atoms with Gasteiger partial charge in [-0.05, 0) is 36.4 Å². The molecule has 2 aromatic carbocycles. The van der Waals surface area contributed by atoms with Gasteiger partial charge in [0.25, 0.3) is 6.43 Å². The summed E-state index contributed by atoms with van der Waals surface area (Å²) in [7, 11) is 1.31. The first-order valence-electron chi connectivity index (χ1n) is 5.90. The Morgan fingerprint density at radius 2 is 1.71 bits per heavy atom. The molecule has 0 bridgehead atoms. The Labute approximate surface area is 118 Å². The van der Waals surface area contributed by atoms with Crippen LogP contribution in [0.25, 0.3) is 0 Å². The molecule has 0 N–H and O–H groups in total. The highest BCUT2D eigenvalue weighted by Gasteiger charge is 2.22. The van der Waals surface area contributed by atoms with Crippen LogP contribution in [0.15, 0.2) is 42.5 Å². The van der Waals surface area contributed by atoms with Gasteiger partial charge in [0.15, 0.2) is 0 Å². The molecular formula is C14H11F2NO4.